The van der Waals surface area contributed by atoms with Crippen molar-refractivity contribution < 1.29 is 14.7 Å². The Balaban J connectivity index is 1.62. The molecule has 5 nitrogen and oxygen atoms in total. The van der Waals surface area contributed by atoms with Gasteiger partial charge in [-0.05, 0) is 53.4 Å². The van der Waals surface area contributed by atoms with E-state index in [4.69, 9.17) is 0 Å². The van der Waals surface area contributed by atoms with Crippen LogP contribution in [0.1, 0.15) is 42.5 Å². The molecule has 2 atom stereocenters. The molecule has 2 N–H and O–H groups in total. The van der Waals surface area contributed by atoms with Gasteiger partial charge in [0.05, 0.1) is 6.61 Å². The van der Waals surface area contributed by atoms with Crippen LogP contribution < -0.4 is 5.32 Å². The summed E-state index contributed by atoms with van der Waals surface area (Å²) in [5, 5.41) is 12.8. The van der Waals surface area contributed by atoms with Gasteiger partial charge in [0.1, 0.15) is 12.1 Å². The third-order valence-electron chi connectivity index (χ3n) is 6.40. The summed E-state index contributed by atoms with van der Waals surface area (Å²) in [6.07, 6.45) is 2.24. The number of piperazine rings is 1. The largest absolute Gasteiger partial charge is 0.392 e. The minimum Gasteiger partial charge on any atom is -0.392 e. The van der Waals surface area contributed by atoms with Gasteiger partial charge in [-0.3, -0.25) is 9.59 Å². The number of aliphatic hydroxyl groups excluding tert-OH is 1. The highest BCUT2D eigenvalue weighted by atomic mass is 16.3. The molecule has 2 aromatic carbocycles. The molecule has 0 unspecified atom stereocenters. The molecule has 158 valence electrons. The van der Waals surface area contributed by atoms with Crippen molar-refractivity contribution in [3.05, 3.63) is 70.8 Å². The van der Waals surface area contributed by atoms with Crippen molar-refractivity contribution in [3.8, 4) is 0 Å². The molecular weight excluding hydrogens is 376 g/mol. The van der Waals surface area contributed by atoms with Crippen LogP contribution in [0.5, 0.6) is 0 Å². The van der Waals surface area contributed by atoms with Gasteiger partial charge in [-0.15, -0.1) is 0 Å². The minimum atomic E-state index is -0.505. The number of fused-ring (bicyclic) bond motifs is 1. The fourth-order valence-electron chi connectivity index (χ4n) is 4.85. The van der Waals surface area contributed by atoms with Crippen LogP contribution in [0, 0.1) is 11.8 Å². The number of hydrogen-bond donors (Lipinski definition) is 2. The van der Waals surface area contributed by atoms with E-state index in [1.807, 2.05) is 36.4 Å². The van der Waals surface area contributed by atoms with Crippen LogP contribution in [0.3, 0.4) is 0 Å². The van der Waals surface area contributed by atoms with E-state index in [1.54, 1.807) is 4.90 Å². The van der Waals surface area contributed by atoms with E-state index in [2.05, 4.69) is 31.3 Å². The lowest BCUT2D eigenvalue weighted by atomic mass is 9.89. The number of hydrogen-bond acceptors (Lipinski definition) is 3. The predicted molar refractivity (Wildman–Crippen MR) is 115 cm³/mol. The molecule has 5 heteroatoms. The van der Waals surface area contributed by atoms with Gasteiger partial charge in [-0.1, -0.05) is 62.4 Å². The molecule has 4 rings (SSSR count). The number of aliphatic hydroxyl groups is 1. The zero-order valence-corrected chi connectivity index (χ0v) is 17.7. The van der Waals surface area contributed by atoms with Crippen molar-refractivity contribution in [3.63, 3.8) is 0 Å². The van der Waals surface area contributed by atoms with Crippen molar-refractivity contribution in [1.82, 2.24) is 10.2 Å². The van der Waals surface area contributed by atoms with Gasteiger partial charge in [0.2, 0.25) is 11.8 Å². The summed E-state index contributed by atoms with van der Waals surface area (Å²) in [5.41, 5.74) is 4.23. The number of rotatable bonds is 6. The Morgan fingerprint density at radius 1 is 1.00 bits per heavy atom. The highest BCUT2D eigenvalue weighted by Gasteiger charge is 2.45. The number of benzene rings is 2. The smallest absolute Gasteiger partial charge is 0.246 e. The Bertz CT molecular complexity index is 914. The van der Waals surface area contributed by atoms with Crippen molar-refractivity contribution >= 4 is 11.8 Å². The Labute approximate surface area is 178 Å². The third kappa shape index (κ3) is 3.99. The molecule has 0 aromatic heterocycles. The van der Waals surface area contributed by atoms with E-state index in [0.717, 1.165) is 24.0 Å². The number of carbonyl (C=O) groups is 2. The Hall–Kier alpha value is -2.66. The molecule has 0 saturated carbocycles. The van der Waals surface area contributed by atoms with E-state index in [-0.39, 0.29) is 30.3 Å². The number of nitrogens with one attached hydrogen (secondary N) is 1. The van der Waals surface area contributed by atoms with Gasteiger partial charge in [0, 0.05) is 6.54 Å². The van der Waals surface area contributed by atoms with Gasteiger partial charge in [0.25, 0.3) is 0 Å². The van der Waals surface area contributed by atoms with Gasteiger partial charge >= 0.3 is 0 Å². The second-order valence-corrected chi connectivity index (χ2v) is 8.96. The van der Waals surface area contributed by atoms with E-state index in [1.165, 1.54) is 11.1 Å². The van der Waals surface area contributed by atoms with Crippen LogP contribution >= 0.6 is 0 Å². The first-order chi connectivity index (χ1) is 14.5. The summed E-state index contributed by atoms with van der Waals surface area (Å²) in [4.78, 5) is 28.5. The highest BCUT2D eigenvalue weighted by molar-refractivity contribution is 5.97. The molecule has 2 aliphatic rings. The van der Waals surface area contributed by atoms with Crippen molar-refractivity contribution in [1.29, 1.82) is 0 Å². The molecule has 1 aliphatic heterocycles. The number of nitrogens with zero attached hydrogens (tertiary/aromatic N) is 1. The van der Waals surface area contributed by atoms with Crippen LogP contribution in [0.15, 0.2) is 48.5 Å². The first kappa shape index (κ1) is 20.6. The molecule has 0 radical (unpaired) electrons. The number of amides is 2. The quantitative estimate of drug-likeness (QED) is 0.775. The maximum Gasteiger partial charge on any atom is 0.246 e. The molecular formula is C25H30N2O3. The van der Waals surface area contributed by atoms with Crippen LogP contribution in [-0.2, 0) is 35.6 Å². The zero-order chi connectivity index (χ0) is 21.3. The van der Waals surface area contributed by atoms with E-state index < -0.39 is 12.1 Å². The second-order valence-electron chi connectivity index (χ2n) is 8.96. The molecule has 2 amide bonds. The maximum atomic E-state index is 13.7. The molecule has 1 heterocycles. The first-order valence-electron chi connectivity index (χ1n) is 10.8. The Morgan fingerprint density at radius 3 is 2.20 bits per heavy atom. The summed E-state index contributed by atoms with van der Waals surface area (Å²) < 4.78 is 0. The van der Waals surface area contributed by atoms with Gasteiger partial charge < -0.3 is 15.3 Å². The van der Waals surface area contributed by atoms with Gasteiger partial charge in [0.15, 0.2) is 0 Å². The Kier molecular flexibility index (Phi) is 5.91. The van der Waals surface area contributed by atoms with Crippen LogP contribution in [0.4, 0.5) is 0 Å². The summed E-state index contributed by atoms with van der Waals surface area (Å²) >= 11 is 0. The molecule has 2 aromatic rings. The lowest BCUT2D eigenvalue weighted by molar-refractivity contribution is -0.152. The van der Waals surface area contributed by atoms with Crippen LogP contribution in [0.2, 0.25) is 0 Å². The first-order valence-corrected chi connectivity index (χ1v) is 10.8. The summed E-state index contributed by atoms with van der Waals surface area (Å²) in [6.45, 7) is 4.39. The standard InChI is InChI=1S/C25H30N2O3/c1-16(2)11-22-24(29)26-23(21-12-17-7-3-4-8-18(17)13-21)25(30)27(22)14-19-9-5-6-10-20(19)15-28/h3-10,16,21-23,28H,11-15H2,1-2H3,(H,26,29)/t22-,23-/m1/s1. The van der Waals surface area contributed by atoms with Crippen molar-refractivity contribution in [2.45, 2.75) is 58.3 Å². The molecule has 30 heavy (non-hydrogen) atoms. The molecule has 0 bridgehead atoms. The number of carbonyl (C=O) groups excluding carboxylic acids is 2. The summed E-state index contributed by atoms with van der Waals surface area (Å²) in [6, 6.07) is 14.9. The SMILES string of the molecule is CC(C)C[C@@H]1C(=O)N[C@H](C2Cc3ccccc3C2)C(=O)N1Cc1ccccc1CO. The van der Waals surface area contributed by atoms with Crippen LogP contribution in [-0.4, -0.2) is 33.9 Å². The topological polar surface area (TPSA) is 69.6 Å². The molecule has 0 spiro atoms. The van der Waals surface area contributed by atoms with E-state index in [9.17, 15) is 14.7 Å². The van der Waals surface area contributed by atoms with Gasteiger partial charge in [-0.2, -0.15) is 0 Å². The predicted octanol–water partition coefficient (Wildman–Crippen LogP) is 2.84. The maximum absolute atomic E-state index is 13.7. The molecule has 1 aliphatic carbocycles. The second kappa shape index (κ2) is 8.60. The van der Waals surface area contributed by atoms with Crippen molar-refractivity contribution in [2.24, 2.45) is 11.8 Å². The average molecular weight is 407 g/mol. The van der Waals surface area contributed by atoms with Gasteiger partial charge in [-0.25, -0.2) is 0 Å². The van der Waals surface area contributed by atoms with E-state index >= 15 is 0 Å². The molecule has 1 fully saturated rings. The fourth-order valence-corrected chi connectivity index (χ4v) is 4.85. The van der Waals surface area contributed by atoms with Crippen molar-refractivity contribution in [2.75, 3.05) is 0 Å². The fraction of sp³-hybridized carbons (Fsp3) is 0.440. The highest BCUT2D eigenvalue weighted by Crippen LogP contribution is 2.32. The third-order valence-corrected chi connectivity index (χ3v) is 6.40. The normalized spacial score (nSPS) is 21.8. The van der Waals surface area contributed by atoms with Crippen LogP contribution in [0.25, 0.3) is 0 Å². The monoisotopic (exact) mass is 406 g/mol. The molecule has 1 saturated heterocycles. The average Bonchev–Trinajstić information content (AvgIpc) is 3.17. The summed E-state index contributed by atoms with van der Waals surface area (Å²) in [5.74, 6) is 0.294. The zero-order valence-electron chi connectivity index (χ0n) is 17.7. The lowest BCUT2D eigenvalue weighted by Crippen LogP contribution is -2.65. The minimum absolute atomic E-state index is 0.00852. The summed E-state index contributed by atoms with van der Waals surface area (Å²) in [7, 11) is 0. The van der Waals surface area contributed by atoms with E-state index in [0.29, 0.717) is 13.0 Å². The lowest BCUT2D eigenvalue weighted by Gasteiger charge is -2.41. The Morgan fingerprint density at radius 2 is 1.60 bits per heavy atom.